The summed E-state index contributed by atoms with van der Waals surface area (Å²) in [4.78, 5) is 22.8. The molecular formula is C10H17N3O3S. The lowest BCUT2D eigenvalue weighted by molar-refractivity contribution is -0.122. The second kappa shape index (κ2) is 9.78. The number of carbonyl (C=O) groups is 2. The number of nitrogens with one attached hydrogen (secondary N) is 2. The largest absolute Gasteiger partial charge is 0.450 e. The fourth-order valence-corrected chi connectivity index (χ4v) is 1.60. The summed E-state index contributed by atoms with van der Waals surface area (Å²) in [6.45, 7) is 2.23. The number of rotatable bonds is 7. The third kappa shape index (κ3) is 7.47. The number of hydrogen-bond acceptors (Lipinski definition) is 5. The van der Waals surface area contributed by atoms with Crippen LogP contribution in [0.15, 0.2) is 0 Å². The van der Waals surface area contributed by atoms with E-state index in [-0.39, 0.29) is 25.5 Å². The van der Waals surface area contributed by atoms with E-state index in [0.29, 0.717) is 5.75 Å². The second-order valence-corrected chi connectivity index (χ2v) is 3.98. The van der Waals surface area contributed by atoms with E-state index in [0.717, 1.165) is 0 Å². The molecule has 0 saturated carbocycles. The number of thioether (sulfide) groups is 1. The third-order valence-corrected chi connectivity index (χ3v) is 2.42. The number of carbonyl (C=O) groups excluding carboxylic acids is 2. The lowest BCUT2D eigenvalue weighted by Crippen LogP contribution is -2.48. The number of nitriles is 1. The monoisotopic (exact) mass is 259 g/mol. The van der Waals surface area contributed by atoms with Crippen molar-refractivity contribution in [3.63, 3.8) is 0 Å². The molecule has 2 amide bonds. The molecule has 0 aliphatic rings. The first-order chi connectivity index (χ1) is 8.15. The Bertz CT molecular complexity index is 291. The predicted octanol–water partition coefficient (Wildman–Crippen LogP) is 0.494. The molecular weight excluding hydrogens is 242 g/mol. The highest BCUT2D eigenvalue weighted by Crippen LogP contribution is 1.98. The van der Waals surface area contributed by atoms with Gasteiger partial charge in [0.25, 0.3) is 0 Å². The minimum absolute atomic E-state index is 0.247. The van der Waals surface area contributed by atoms with Gasteiger partial charge in [0, 0.05) is 12.3 Å². The van der Waals surface area contributed by atoms with Crippen LogP contribution in [0.25, 0.3) is 0 Å². The molecule has 7 heteroatoms. The van der Waals surface area contributed by atoms with E-state index in [1.807, 2.05) is 12.3 Å². The van der Waals surface area contributed by atoms with Crippen molar-refractivity contribution in [1.82, 2.24) is 10.6 Å². The quantitative estimate of drug-likeness (QED) is 0.649. The van der Waals surface area contributed by atoms with Crippen LogP contribution in [0.1, 0.15) is 13.3 Å². The lowest BCUT2D eigenvalue weighted by atomic mass is 10.3. The summed E-state index contributed by atoms with van der Waals surface area (Å²) in [6, 6.07) is 1.29. The highest BCUT2D eigenvalue weighted by Gasteiger charge is 2.20. The maximum Gasteiger partial charge on any atom is 0.407 e. The molecule has 0 fully saturated rings. The average molecular weight is 259 g/mol. The molecule has 0 saturated heterocycles. The lowest BCUT2D eigenvalue weighted by Gasteiger charge is -2.16. The zero-order valence-corrected chi connectivity index (χ0v) is 10.8. The maximum atomic E-state index is 11.6. The van der Waals surface area contributed by atoms with E-state index < -0.39 is 12.1 Å². The van der Waals surface area contributed by atoms with Crippen molar-refractivity contribution in [3.8, 4) is 6.07 Å². The molecule has 96 valence electrons. The molecule has 0 heterocycles. The van der Waals surface area contributed by atoms with Crippen LogP contribution in [0.2, 0.25) is 0 Å². The van der Waals surface area contributed by atoms with Crippen LogP contribution in [0.4, 0.5) is 4.79 Å². The molecule has 0 aliphatic carbocycles. The smallest absolute Gasteiger partial charge is 0.407 e. The predicted molar refractivity (Wildman–Crippen MR) is 65.6 cm³/mol. The molecule has 0 aromatic carbocycles. The second-order valence-electron chi connectivity index (χ2n) is 3.07. The van der Waals surface area contributed by atoms with E-state index in [1.165, 1.54) is 11.8 Å². The molecule has 0 aromatic heterocycles. The van der Waals surface area contributed by atoms with E-state index >= 15 is 0 Å². The minimum atomic E-state index is -0.636. The fraction of sp³-hybridized carbons (Fsp3) is 0.700. The van der Waals surface area contributed by atoms with Crippen LogP contribution in [-0.2, 0) is 9.53 Å². The first-order valence-electron chi connectivity index (χ1n) is 5.22. The van der Waals surface area contributed by atoms with E-state index in [2.05, 4.69) is 10.6 Å². The van der Waals surface area contributed by atoms with E-state index in [1.54, 1.807) is 6.92 Å². The van der Waals surface area contributed by atoms with Crippen molar-refractivity contribution in [2.75, 3.05) is 25.2 Å². The van der Waals surface area contributed by atoms with E-state index in [9.17, 15) is 9.59 Å². The van der Waals surface area contributed by atoms with Gasteiger partial charge in [-0.25, -0.2) is 4.79 Å². The summed E-state index contributed by atoms with van der Waals surface area (Å²) in [6.07, 6.45) is 1.47. The van der Waals surface area contributed by atoms with Crippen molar-refractivity contribution >= 4 is 23.8 Å². The van der Waals surface area contributed by atoms with Crippen LogP contribution in [-0.4, -0.2) is 43.2 Å². The van der Waals surface area contributed by atoms with Gasteiger partial charge in [0.2, 0.25) is 5.91 Å². The van der Waals surface area contributed by atoms with Gasteiger partial charge < -0.3 is 15.4 Å². The van der Waals surface area contributed by atoms with Crippen LogP contribution in [0.5, 0.6) is 0 Å². The van der Waals surface area contributed by atoms with E-state index in [4.69, 9.17) is 10.00 Å². The summed E-state index contributed by atoms with van der Waals surface area (Å²) in [7, 11) is 0. The van der Waals surface area contributed by atoms with Crippen LogP contribution in [0.3, 0.4) is 0 Å². The number of ether oxygens (including phenoxy) is 1. The first kappa shape index (κ1) is 15.6. The van der Waals surface area contributed by atoms with Gasteiger partial charge >= 0.3 is 6.09 Å². The van der Waals surface area contributed by atoms with Gasteiger partial charge in [-0.15, -0.1) is 0 Å². The van der Waals surface area contributed by atoms with Gasteiger partial charge in [0.05, 0.1) is 19.1 Å². The Hall–Kier alpha value is -1.42. The minimum Gasteiger partial charge on any atom is -0.450 e. The summed E-state index contributed by atoms with van der Waals surface area (Å²) in [5.74, 6) is 0.152. The summed E-state index contributed by atoms with van der Waals surface area (Å²) in [5, 5.41) is 13.4. The fourth-order valence-electron chi connectivity index (χ4n) is 1.03. The Morgan fingerprint density at radius 2 is 2.24 bits per heavy atom. The van der Waals surface area contributed by atoms with Crippen molar-refractivity contribution in [3.05, 3.63) is 0 Å². The standard InChI is InChI=1S/C10H17N3O3S/c1-3-16-10(15)13-8(7-17-2)9(14)12-6-4-5-11/h8H,3-4,6-7H2,1-2H3,(H,12,14)(H,13,15). The SMILES string of the molecule is CCOC(=O)NC(CSC)C(=O)NCCC#N. The van der Waals surface area contributed by atoms with Crippen molar-refractivity contribution < 1.29 is 14.3 Å². The van der Waals surface area contributed by atoms with Crippen LogP contribution in [0, 0.1) is 11.3 Å². The van der Waals surface area contributed by atoms with Gasteiger partial charge in [-0.05, 0) is 13.2 Å². The normalized spacial score (nSPS) is 11.1. The molecule has 6 nitrogen and oxygen atoms in total. The van der Waals surface area contributed by atoms with Gasteiger partial charge in [-0.2, -0.15) is 17.0 Å². The number of alkyl carbamates (subject to hydrolysis) is 1. The molecule has 1 atom stereocenters. The van der Waals surface area contributed by atoms with Crippen LogP contribution >= 0.6 is 11.8 Å². The van der Waals surface area contributed by atoms with Crippen LogP contribution < -0.4 is 10.6 Å². The Labute approximate surface area is 105 Å². The number of nitrogens with zero attached hydrogens (tertiary/aromatic N) is 1. The van der Waals surface area contributed by atoms with Crippen molar-refractivity contribution in [2.24, 2.45) is 0 Å². The zero-order valence-electron chi connectivity index (χ0n) is 9.99. The Morgan fingerprint density at radius 3 is 2.76 bits per heavy atom. The zero-order chi connectivity index (χ0) is 13.1. The van der Waals surface area contributed by atoms with Crippen molar-refractivity contribution in [1.29, 1.82) is 5.26 Å². The molecule has 0 spiro atoms. The Morgan fingerprint density at radius 1 is 1.53 bits per heavy atom. The molecule has 17 heavy (non-hydrogen) atoms. The van der Waals surface area contributed by atoms with Gasteiger partial charge in [0.1, 0.15) is 6.04 Å². The number of hydrogen-bond donors (Lipinski definition) is 2. The summed E-state index contributed by atoms with van der Waals surface area (Å²) >= 11 is 1.44. The highest BCUT2D eigenvalue weighted by molar-refractivity contribution is 7.98. The molecule has 0 aliphatic heterocycles. The Kier molecular flexibility index (Phi) is 8.96. The third-order valence-electron chi connectivity index (χ3n) is 1.75. The Balaban J connectivity index is 4.16. The topological polar surface area (TPSA) is 91.2 Å². The highest BCUT2D eigenvalue weighted by atomic mass is 32.2. The van der Waals surface area contributed by atoms with Gasteiger partial charge in [0.15, 0.2) is 0 Å². The van der Waals surface area contributed by atoms with Gasteiger partial charge in [-0.3, -0.25) is 4.79 Å². The number of amides is 2. The molecule has 1 unspecified atom stereocenters. The first-order valence-corrected chi connectivity index (χ1v) is 6.62. The van der Waals surface area contributed by atoms with Crippen molar-refractivity contribution in [2.45, 2.75) is 19.4 Å². The molecule has 0 radical (unpaired) electrons. The molecule has 0 rings (SSSR count). The van der Waals surface area contributed by atoms with Gasteiger partial charge in [-0.1, -0.05) is 0 Å². The summed E-state index contributed by atoms with van der Waals surface area (Å²) in [5.41, 5.74) is 0. The molecule has 0 bridgehead atoms. The molecule has 0 aromatic rings. The average Bonchev–Trinajstić information content (AvgIpc) is 2.29. The molecule has 2 N–H and O–H groups in total. The maximum absolute atomic E-state index is 11.6. The summed E-state index contributed by atoms with van der Waals surface area (Å²) < 4.78 is 4.70.